The number of carbonyl (C=O) groups excluding carboxylic acids is 1. The maximum absolute atomic E-state index is 13.1. The maximum atomic E-state index is 13.1. The van der Waals surface area contributed by atoms with E-state index >= 15 is 0 Å². The maximum Gasteiger partial charge on any atom is 0.265 e. The van der Waals surface area contributed by atoms with E-state index in [0.717, 1.165) is 11.1 Å². The Labute approximate surface area is 175 Å². The molecule has 6 nitrogen and oxygen atoms in total. The van der Waals surface area contributed by atoms with Gasteiger partial charge in [0.2, 0.25) is 0 Å². The van der Waals surface area contributed by atoms with E-state index in [1.807, 2.05) is 0 Å². The van der Waals surface area contributed by atoms with Gasteiger partial charge in [-0.25, -0.2) is 8.78 Å². The van der Waals surface area contributed by atoms with Gasteiger partial charge in [0.1, 0.15) is 22.7 Å². The molecule has 0 saturated heterocycles. The molecule has 4 aromatic rings. The first-order valence-corrected chi connectivity index (χ1v) is 9.41. The number of fused-ring (bicyclic) bond motifs is 1. The number of aromatic amines is 1. The summed E-state index contributed by atoms with van der Waals surface area (Å²) in [4.78, 5) is 31.7. The first kappa shape index (κ1) is 20.2. The molecule has 0 spiro atoms. The van der Waals surface area contributed by atoms with Gasteiger partial charge in [0, 0.05) is 12.7 Å². The molecular formula is C23H17F2N3O3. The van der Waals surface area contributed by atoms with Crippen LogP contribution in [0.2, 0.25) is 0 Å². The highest BCUT2D eigenvalue weighted by atomic mass is 19.1. The molecule has 0 fully saturated rings. The van der Waals surface area contributed by atoms with Crippen molar-refractivity contribution in [3.8, 4) is 5.75 Å². The lowest BCUT2D eigenvalue weighted by Crippen LogP contribution is -2.29. The number of halogens is 2. The average Bonchev–Trinajstić information content (AvgIpc) is 2.75. The molecule has 0 bridgehead atoms. The van der Waals surface area contributed by atoms with Crippen LogP contribution in [0.4, 0.5) is 8.78 Å². The number of nitrogens with zero attached hydrogens (tertiary/aromatic N) is 1. The fourth-order valence-corrected chi connectivity index (χ4v) is 3.22. The monoisotopic (exact) mass is 421 g/mol. The van der Waals surface area contributed by atoms with Crippen LogP contribution in [0.15, 0.2) is 65.6 Å². The SMILES string of the molecule is O=C(NCc1ccc(F)cc1)c1c(O)c2ncc(Cc3ccc(F)cc3)cc2[nH]c1=O. The lowest BCUT2D eigenvalue weighted by molar-refractivity contribution is 0.0947. The summed E-state index contributed by atoms with van der Waals surface area (Å²) < 4.78 is 26.0. The third-order valence-corrected chi connectivity index (χ3v) is 4.80. The summed E-state index contributed by atoms with van der Waals surface area (Å²) >= 11 is 0. The van der Waals surface area contributed by atoms with Gasteiger partial charge in [-0.05, 0) is 53.4 Å². The minimum absolute atomic E-state index is 0.0556. The normalized spacial score (nSPS) is 10.9. The van der Waals surface area contributed by atoms with Crippen molar-refractivity contribution in [2.45, 2.75) is 13.0 Å². The number of hydrogen-bond donors (Lipinski definition) is 3. The molecule has 2 aromatic carbocycles. The third-order valence-electron chi connectivity index (χ3n) is 4.80. The Balaban J connectivity index is 1.58. The van der Waals surface area contributed by atoms with Gasteiger partial charge >= 0.3 is 0 Å². The van der Waals surface area contributed by atoms with Crippen LogP contribution in [0.1, 0.15) is 27.0 Å². The highest BCUT2D eigenvalue weighted by Crippen LogP contribution is 2.24. The Kier molecular flexibility index (Phi) is 5.44. The summed E-state index contributed by atoms with van der Waals surface area (Å²) in [6.45, 7) is 0.0556. The minimum atomic E-state index is -0.776. The highest BCUT2D eigenvalue weighted by molar-refractivity contribution is 6.01. The average molecular weight is 421 g/mol. The molecule has 0 unspecified atom stereocenters. The van der Waals surface area contributed by atoms with Crippen LogP contribution in [-0.2, 0) is 13.0 Å². The van der Waals surface area contributed by atoms with Crippen molar-refractivity contribution in [1.29, 1.82) is 0 Å². The van der Waals surface area contributed by atoms with Crippen molar-refractivity contribution >= 4 is 16.9 Å². The van der Waals surface area contributed by atoms with Gasteiger partial charge in [-0.3, -0.25) is 14.6 Å². The molecule has 0 radical (unpaired) electrons. The van der Waals surface area contributed by atoms with Crippen LogP contribution in [0.5, 0.6) is 5.75 Å². The van der Waals surface area contributed by atoms with Gasteiger partial charge in [0.05, 0.1) is 5.52 Å². The van der Waals surface area contributed by atoms with E-state index in [2.05, 4.69) is 15.3 Å². The van der Waals surface area contributed by atoms with Gasteiger partial charge < -0.3 is 15.4 Å². The number of pyridine rings is 2. The topological polar surface area (TPSA) is 95.1 Å². The predicted molar refractivity (Wildman–Crippen MR) is 111 cm³/mol. The largest absolute Gasteiger partial charge is 0.505 e. The molecule has 2 aromatic heterocycles. The number of hydrogen-bond acceptors (Lipinski definition) is 4. The van der Waals surface area contributed by atoms with Crippen molar-refractivity contribution in [3.05, 3.63) is 105 Å². The lowest BCUT2D eigenvalue weighted by atomic mass is 10.1. The van der Waals surface area contributed by atoms with Gasteiger partial charge in [0.15, 0.2) is 5.75 Å². The molecule has 0 aliphatic rings. The Morgan fingerprint density at radius 1 is 0.968 bits per heavy atom. The minimum Gasteiger partial charge on any atom is -0.505 e. The number of aromatic hydroxyl groups is 1. The number of benzene rings is 2. The zero-order chi connectivity index (χ0) is 22.0. The van der Waals surface area contributed by atoms with Crippen molar-refractivity contribution in [2.24, 2.45) is 0 Å². The van der Waals surface area contributed by atoms with Crippen LogP contribution in [0.3, 0.4) is 0 Å². The summed E-state index contributed by atoms with van der Waals surface area (Å²) in [6.07, 6.45) is 1.97. The molecule has 0 aliphatic heterocycles. The Hall–Kier alpha value is -4.07. The summed E-state index contributed by atoms with van der Waals surface area (Å²) in [5.41, 5.74) is 1.37. The second-order valence-electron chi connectivity index (χ2n) is 7.03. The highest BCUT2D eigenvalue weighted by Gasteiger charge is 2.20. The van der Waals surface area contributed by atoms with E-state index in [1.54, 1.807) is 18.2 Å². The summed E-state index contributed by atoms with van der Waals surface area (Å²) in [6, 6.07) is 13.2. The number of nitrogens with one attached hydrogen (secondary N) is 2. The summed E-state index contributed by atoms with van der Waals surface area (Å²) in [7, 11) is 0. The molecule has 3 N–H and O–H groups in total. The van der Waals surface area contributed by atoms with Crippen LogP contribution in [0.25, 0.3) is 11.0 Å². The van der Waals surface area contributed by atoms with E-state index in [0.29, 0.717) is 12.0 Å². The van der Waals surface area contributed by atoms with E-state index < -0.39 is 28.6 Å². The number of amides is 1. The lowest BCUT2D eigenvalue weighted by Gasteiger charge is -2.09. The van der Waals surface area contributed by atoms with E-state index in [4.69, 9.17) is 0 Å². The van der Waals surface area contributed by atoms with Crippen molar-refractivity contribution < 1.29 is 18.7 Å². The smallest absolute Gasteiger partial charge is 0.265 e. The Morgan fingerprint density at radius 2 is 1.58 bits per heavy atom. The first-order valence-electron chi connectivity index (χ1n) is 9.41. The van der Waals surface area contributed by atoms with E-state index in [9.17, 15) is 23.5 Å². The second-order valence-corrected chi connectivity index (χ2v) is 7.03. The molecule has 0 aliphatic carbocycles. The van der Waals surface area contributed by atoms with Gasteiger partial charge in [0.25, 0.3) is 11.5 Å². The third kappa shape index (κ3) is 4.42. The van der Waals surface area contributed by atoms with Gasteiger partial charge in [-0.2, -0.15) is 0 Å². The van der Waals surface area contributed by atoms with Gasteiger partial charge in [-0.15, -0.1) is 0 Å². The van der Waals surface area contributed by atoms with Crippen molar-refractivity contribution in [1.82, 2.24) is 15.3 Å². The molecule has 31 heavy (non-hydrogen) atoms. The molecule has 1 amide bonds. The zero-order valence-electron chi connectivity index (χ0n) is 16.2. The number of carbonyl (C=O) groups is 1. The van der Waals surface area contributed by atoms with Crippen molar-refractivity contribution in [2.75, 3.05) is 0 Å². The molecule has 0 atom stereocenters. The van der Waals surface area contributed by atoms with Gasteiger partial charge in [-0.1, -0.05) is 24.3 Å². The number of aromatic nitrogens is 2. The Bertz CT molecular complexity index is 1320. The summed E-state index contributed by atoms with van der Waals surface area (Å²) in [5.74, 6) is -2.03. The van der Waals surface area contributed by atoms with Crippen LogP contribution >= 0.6 is 0 Å². The predicted octanol–water partition coefficient (Wildman–Crippen LogP) is 3.43. The molecule has 0 saturated carbocycles. The van der Waals surface area contributed by atoms with Crippen molar-refractivity contribution in [3.63, 3.8) is 0 Å². The first-order chi connectivity index (χ1) is 14.9. The molecule has 4 rings (SSSR count). The van der Waals surface area contributed by atoms with E-state index in [1.165, 1.54) is 42.6 Å². The molecular weight excluding hydrogens is 404 g/mol. The van der Waals surface area contributed by atoms with E-state index in [-0.39, 0.29) is 23.4 Å². The van der Waals surface area contributed by atoms with Crippen LogP contribution < -0.4 is 10.9 Å². The summed E-state index contributed by atoms with van der Waals surface area (Å²) in [5, 5.41) is 13.0. The van der Waals surface area contributed by atoms with Crippen LogP contribution in [0, 0.1) is 11.6 Å². The fraction of sp³-hybridized carbons (Fsp3) is 0.0870. The molecule has 156 valence electrons. The zero-order valence-corrected chi connectivity index (χ0v) is 16.2. The van der Waals surface area contributed by atoms with Crippen LogP contribution in [-0.4, -0.2) is 21.0 Å². The molecule has 2 heterocycles. The fourth-order valence-electron chi connectivity index (χ4n) is 3.22. The second kappa shape index (κ2) is 8.35. The quantitative estimate of drug-likeness (QED) is 0.460. The number of H-pyrrole nitrogens is 1. The standard InChI is InChI=1S/C23H17F2N3O3/c24-16-5-1-13(2-6-16)9-15-10-18-20(26-12-15)21(29)19(23(31)28-18)22(30)27-11-14-3-7-17(25)8-4-14/h1-8,10,12H,9,11H2,(H,27,30)(H2,28,29,31). The molecule has 8 heteroatoms. The Morgan fingerprint density at radius 3 is 2.23 bits per heavy atom. The number of rotatable bonds is 5.